The van der Waals surface area contributed by atoms with E-state index < -0.39 is 17.7 Å². The van der Waals surface area contributed by atoms with Gasteiger partial charge in [0.2, 0.25) is 5.91 Å². The van der Waals surface area contributed by atoms with E-state index in [1.807, 2.05) is 0 Å². The topological polar surface area (TPSA) is 55.1 Å². The highest BCUT2D eigenvalue weighted by atomic mass is 19.1. The second-order valence-corrected chi connectivity index (χ2v) is 3.73. The molecule has 5 heteroatoms. The van der Waals surface area contributed by atoms with Gasteiger partial charge in [0.25, 0.3) is 0 Å². The third-order valence-electron chi connectivity index (χ3n) is 2.45. The summed E-state index contributed by atoms with van der Waals surface area (Å²) in [6, 6.07) is 2.69. The van der Waals surface area contributed by atoms with Crippen LogP contribution in [0.5, 0.6) is 0 Å². The average Bonchev–Trinajstić information content (AvgIpc) is 2.30. The van der Waals surface area contributed by atoms with Crippen LogP contribution in [-0.4, -0.2) is 12.5 Å². The van der Waals surface area contributed by atoms with Crippen LogP contribution in [0.2, 0.25) is 0 Å². The van der Waals surface area contributed by atoms with Gasteiger partial charge in [-0.25, -0.2) is 8.78 Å². The fourth-order valence-corrected chi connectivity index (χ4v) is 1.58. The SMILES string of the molecule is CCC(NC(=O)CCN)c1cc(F)ccc1F. The van der Waals surface area contributed by atoms with Crippen LogP contribution in [0.15, 0.2) is 18.2 Å². The van der Waals surface area contributed by atoms with Crippen molar-refractivity contribution in [1.29, 1.82) is 0 Å². The van der Waals surface area contributed by atoms with Crippen molar-refractivity contribution in [3.63, 3.8) is 0 Å². The first-order valence-corrected chi connectivity index (χ1v) is 5.52. The van der Waals surface area contributed by atoms with E-state index in [2.05, 4.69) is 5.32 Å². The lowest BCUT2D eigenvalue weighted by molar-refractivity contribution is -0.121. The Hall–Kier alpha value is -1.49. The quantitative estimate of drug-likeness (QED) is 0.828. The summed E-state index contributed by atoms with van der Waals surface area (Å²) in [4.78, 5) is 11.4. The number of halogens is 2. The minimum atomic E-state index is -0.523. The highest BCUT2D eigenvalue weighted by Crippen LogP contribution is 2.21. The fourth-order valence-electron chi connectivity index (χ4n) is 1.58. The van der Waals surface area contributed by atoms with Crippen LogP contribution in [0, 0.1) is 11.6 Å². The molecule has 0 heterocycles. The van der Waals surface area contributed by atoms with Crippen LogP contribution >= 0.6 is 0 Å². The second kappa shape index (κ2) is 6.30. The van der Waals surface area contributed by atoms with Gasteiger partial charge in [-0.15, -0.1) is 0 Å². The van der Waals surface area contributed by atoms with Crippen LogP contribution in [0.25, 0.3) is 0 Å². The summed E-state index contributed by atoms with van der Waals surface area (Å²) in [5.41, 5.74) is 5.41. The molecule has 0 saturated heterocycles. The first-order chi connectivity index (χ1) is 8.08. The summed E-state index contributed by atoms with van der Waals surface area (Å²) >= 11 is 0. The van der Waals surface area contributed by atoms with Gasteiger partial charge in [0.05, 0.1) is 6.04 Å². The standard InChI is InChI=1S/C12H16F2N2O/c1-2-11(16-12(17)5-6-15)9-7-8(13)3-4-10(9)14/h3-4,7,11H,2,5-6,15H2,1H3,(H,16,17). The van der Waals surface area contributed by atoms with E-state index in [4.69, 9.17) is 5.73 Å². The molecule has 3 N–H and O–H groups in total. The third-order valence-corrected chi connectivity index (χ3v) is 2.45. The Labute approximate surface area is 99.0 Å². The molecule has 1 aromatic rings. The summed E-state index contributed by atoms with van der Waals surface area (Å²) in [5, 5.41) is 2.63. The largest absolute Gasteiger partial charge is 0.349 e. The number of carbonyl (C=O) groups is 1. The highest BCUT2D eigenvalue weighted by Gasteiger charge is 2.16. The van der Waals surface area contributed by atoms with Crippen molar-refractivity contribution in [3.05, 3.63) is 35.4 Å². The van der Waals surface area contributed by atoms with Gasteiger partial charge < -0.3 is 11.1 Å². The molecule has 1 aromatic carbocycles. The van der Waals surface area contributed by atoms with Crippen LogP contribution in [0.4, 0.5) is 8.78 Å². The lowest BCUT2D eigenvalue weighted by Gasteiger charge is -2.18. The molecule has 1 rings (SSSR count). The Morgan fingerprint density at radius 2 is 2.18 bits per heavy atom. The fraction of sp³-hybridized carbons (Fsp3) is 0.417. The number of nitrogens with two attached hydrogens (primary N) is 1. The molecule has 0 saturated carbocycles. The van der Waals surface area contributed by atoms with E-state index >= 15 is 0 Å². The monoisotopic (exact) mass is 242 g/mol. The lowest BCUT2D eigenvalue weighted by Crippen LogP contribution is -2.30. The molecule has 1 amide bonds. The Bertz CT molecular complexity index is 396. The van der Waals surface area contributed by atoms with Crippen molar-refractivity contribution >= 4 is 5.91 Å². The van der Waals surface area contributed by atoms with Crippen molar-refractivity contribution in [2.75, 3.05) is 6.54 Å². The van der Waals surface area contributed by atoms with E-state index in [1.54, 1.807) is 6.92 Å². The molecule has 1 unspecified atom stereocenters. The van der Waals surface area contributed by atoms with Gasteiger partial charge in [0.15, 0.2) is 0 Å². The molecule has 1 atom stereocenters. The van der Waals surface area contributed by atoms with Gasteiger partial charge in [-0.2, -0.15) is 0 Å². The molecule has 0 aromatic heterocycles. The zero-order valence-corrected chi connectivity index (χ0v) is 9.67. The van der Waals surface area contributed by atoms with Gasteiger partial charge >= 0.3 is 0 Å². The van der Waals surface area contributed by atoms with Crippen molar-refractivity contribution in [2.24, 2.45) is 5.73 Å². The number of hydrogen-bond acceptors (Lipinski definition) is 2. The molecular weight excluding hydrogens is 226 g/mol. The predicted molar refractivity (Wildman–Crippen MR) is 61.2 cm³/mol. The highest BCUT2D eigenvalue weighted by molar-refractivity contribution is 5.76. The molecule has 0 bridgehead atoms. The molecule has 3 nitrogen and oxygen atoms in total. The maximum absolute atomic E-state index is 13.5. The lowest BCUT2D eigenvalue weighted by atomic mass is 10.0. The molecule has 0 radical (unpaired) electrons. The molecular formula is C12H16F2N2O. The van der Waals surface area contributed by atoms with E-state index in [9.17, 15) is 13.6 Å². The summed E-state index contributed by atoms with van der Waals surface area (Å²) in [6.07, 6.45) is 0.657. The van der Waals surface area contributed by atoms with Gasteiger partial charge in [-0.05, 0) is 24.6 Å². The Balaban J connectivity index is 2.85. The first-order valence-electron chi connectivity index (χ1n) is 5.52. The predicted octanol–water partition coefficient (Wildman–Crippen LogP) is 1.88. The van der Waals surface area contributed by atoms with E-state index in [0.29, 0.717) is 6.42 Å². The summed E-state index contributed by atoms with van der Waals surface area (Å²) in [6.45, 7) is 2.02. The van der Waals surface area contributed by atoms with E-state index in [-0.39, 0.29) is 24.4 Å². The van der Waals surface area contributed by atoms with Gasteiger partial charge in [-0.1, -0.05) is 6.92 Å². The number of nitrogens with one attached hydrogen (secondary N) is 1. The minimum absolute atomic E-state index is 0.165. The maximum atomic E-state index is 13.5. The first kappa shape index (κ1) is 13.6. The molecule has 17 heavy (non-hydrogen) atoms. The van der Waals surface area contributed by atoms with Crippen LogP contribution in [0.1, 0.15) is 31.4 Å². The number of hydrogen-bond donors (Lipinski definition) is 2. The van der Waals surface area contributed by atoms with Crippen LogP contribution in [-0.2, 0) is 4.79 Å². The van der Waals surface area contributed by atoms with E-state index in [0.717, 1.165) is 18.2 Å². The Morgan fingerprint density at radius 3 is 2.76 bits per heavy atom. The zero-order valence-electron chi connectivity index (χ0n) is 9.67. The Kier molecular flexibility index (Phi) is 5.03. The number of benzene rings is 1. The van der Waals surface area contributed by atoms with Gasteiger partial charge in [0.1, 0.15) is 11.6 Å². The smallest absolute Gasteiger partial charge is 0.221 e. The number of rotatable bonds is 5. The maximum Gasteiger partial charge on any atom is 0.221 e. The second-order valence-electron chi connectivity index (χ2n) is 3.73. The van der Waals surface area contributed by atoms with Crippen LogP contribution in [0.3, 0.4) is 0 Å². The van der Waals surface area contributed by atoms with Gasteiger partial charge in [0, 0.05) is 18.5 Å². The van der Waals surface area contributed by atoms with Crippen LogP contribution < -0.4 is 11.1 Å². The average molecular weight is 242 g/mol. The molecule has 0 aliphatic heterocycles. The summed E-state index contributed by atoms with van der Waals surface area (Å²) < 4.78 is 26.5. The minimum Gasteiger partial charge on any atom is -0.349 e. The number of amides is 1. The molecule has 0 aliphatic carbocycles. The van der Waals surface area contributed by atoms with Gasteiger partial charge in [-0.3, -0.25) is 4.79 Å². The van der Waals surface area contributed by atoms with Crippen molar-refractivity contribution in [1.82, 2.24) is 5.32 Å². The summed E-state index contributed by atoms with van der Waals surface area (Å²) in [5.74, 6) is -1.30. The zero-order chi connectivity index (χ0) is 12.8. The normalized spacial score (nSPS) is 12.2. The summed E-state index contributed by atoms with van der Waals surface area (Å²) in [7, 11) is 0. The molecule has 94 valence electrons. The molecule has 0 spiro atoms. The van der Waals surface area contributed by atoms with Crippen molar-refractivity contribution in [2.45, 2.75) is 25.8 Å². The van der Waals surface area contributed by atoms with E-state index in [1.165, 1.54) is 0 Å². The Morgan fingerprint density at radius 1 is 1.47 bits per heavy atom. The number of carbonyl (C=O) groups excluding carboxylic acids is 1. The molecule has 0 fully saturated rings. The van der Waals surface area contributed by atoms with Crippen molar-refractivity contribution in [3.8, 4) is 0 Å². The van der Waals surface area contributed by atoms with Crippen molar-refractivity contribution < 1.29 is 13.6 Å². The molecule has 0 aliphatic rings. The third kappa shape index (κ3) is 3.78.